The summed E-state index contributed by atoms with van der Waals surface area (Å²) in [7, 11) is 1.58. The number of hydrogen-bond donors (Lipinski definition) is 2. The van der Waals surface area contributed by atoms with E-state index in [1.807, 2.05) is 12.1 Å². The lowest BCUT2D eigenvalue weighted by atomic mass is 9.90. The van der Waals surface area contributed by atoms with E-state index in [9.17, 15) is 4.79 Å². The summed E-state index contributed by atoms with van der Waals surface area (Å²) in [4.78, 5) is 12.0. The summed E-state index contributed by atoms with van der Waals surface area (Å²) in [5, 5.41) is 2.99. The number of nitrogens with one attached hydrogen (secondary N) is 1. The molecule has 19 heavy (non-hydrogen) atoms. The summed E-state index contributed by atoms with van der Waals surface area (Å²) >= 11 is 0. The number of methoxy groups -OCH3 is 1. The zero-order chi connectivity index (χ0) is 13.7. The highest BCUT2D eigenvalue weighted by Gasteiger charge is 2.16. The molecule has 0 aliphatic heterocycles. The summed E-state index contributed by atoms with van der Waals surface area (Å²) in [5.41, 5.74) is 9.15. The largest absolute Gasteiger partial charge is 0.380 e. The molecule has 0 heterocycles. The van der Waals surface area contributed by atoms with Crippen LogP contribution in [0, 0.1) is 0 Å². The summed E-state index contributed by atoms with van der Waals surface area (Å²) in [6, 6.07) is 6.14. The van der Waals surface area contributed by atoms with Crippen molar-refractivity contribution < 1.29 is 9.53 Å². The molecule has 4 heteroatoms. The maximum atomic E-state index is 12.0. The molecule has 4 nitrogen and oxygen atoms in total. The normalized spacial score (nSPS) is 15.7. The van der Waals surface area contributed by atoms with Crippen molar-refractivity contribution in [3.63, 3.8) is 0 Å². The number of amides is 1. The number of nitrogens with two attached hydrogens (primary N) is 1. The molecule has 104 valence electrons. The van der Waals surface area contributed by atoms with Crippen molar-refractivity contribution in [3.8, 4) is 0 Å². The second-order valence-corrected chi connectivity index (χ2v) is 5.00. The summed E-state index contributed by atoms with van der Waals surface area (Å²) in [6.45, 7) is 0.358. The van der Waals surface area contributed by atoms with E-state index in [0.717, 1.165) is 18.5 Å². The minimum atomic E-state index is -0.209. The van der Waals surface area contributed by atoms with Crippen LogP contribution < -0.4 is 11.1 Å². The van der Waals surface area contributed by atoms with Crippen LogP contribution in [0.4, 0.5) is 5.69 Å². The Bertz CT molecular complexity index is 442. The quantitative estimate of drug-likeness (QED) is 0.851. The van der Waals surface area contributed by atoms with Gasteiger partial charge in [0, 0.05) is 19.3 Å². The Morgan fingerprint density at radius 2 is 2.21 bits per heavy atom. The Labute approximate surface area is 114 Å². The molecular formula is C15H22N2O2. The van der Waals surface area contributed by atoms with Crippen LogP contribution in [-0.2, 0) is 22.4 Å². The monoisotopic (exact) mass is 262 g/mol. The Morgan fingerprint density at radius 3 is 2.95 bits per heavy atom. The third-order valence-corrected chi connectivity index (χ3v) is 3.68. The second kappa shape index (κ2) is 6.68. The maximum absolute atomic E-state index is 12.0. The van der Waals surface area contributed by atoms with Gasteiger partial charge in [-0.25, -0.2) is 0 Å². The zero-order valence-electron chi connectivity index (χ0n) is 11.4. The summed E-state index contributed by atoms with van der Waals surface area (Å²) < 4.78 is 5.13. The molecule has 0 radical (unpaired) electrons. The van der Waals surface area contributed by atoms with Gasteiger partial charge in [-0.1, -0.05) is 12.1 Å². The van der Waals surface area contributed by atoms with Crippen LogP contribution in [0.3, 0.4) is 0 Å². The van der Waals surface area contributed by atoms with Crippen LogP contribution in [-0.4, -0.2) is 25.7 Å². The average Bonchev–Trinajstić information content (AvgIpc) is 2.45. The molecule has 1 aliphatic carbocycles. The van der Waals surface area contributed by atoms with E-state index >= 15 is 0 Å². The fourth-order valence-corrected chi connectivity index (χ4v) is 2.57. The van der Waals surface area contributed by atoms with E-state index in [2.05, 4.69) is 11.4 Å². The second-order valence-electron chi connectivity index (χ2n) is 5.00. The van der Waals surface area contributed by atoms with Gasteiger partial charge in [0.1, 0.15) is 0 Å². The van der Waals surface area contributed by atoms with Gasteiger partial charge in [-0.3, -0.25) is 4.79 Å². The van der Waals surface area contributed by atoms with E-state index in [1.54, 1.807) is 7.11 Å². The first-order chi connectivity index (χ1) is 9.24. The molecule has 1 atom stereocenters. The highest BCUT2D eigenvalue weighted by atomic mass is 16.5. The average molecular weight is 262 g/mol. The molecule has 0 fully saturated rings. The number of fused-ring (bicyclic) bond motifs is 1. The van der Waals surface area contributed by atoms with Crippen molar-refractivity contribution in [1.29, 1.82) is 0 Å². The Balaban J connectivity index is 2.05. The number of ether oxygens (including phenoxy) is 1. The molecule has 1 aromatic carbocycles. The van der Waals surface area contributed by atoms with Crippen LogP contribution in [0.2, 0.25) is 0 Å². The van der Waals surface area contributed by atoms with Crippen molar-refractivity contribution in [3.05, 3.63) is 29.3 Å². The van der Waals surface area contributed by atoms with Gasteiger partial charge in [0.15, 0.2) is 0 Å². The fourth-order valence-electron chi connectivity index (χ4n) is 2.57. The fraction of sp³-hybridized carbons (Fsp3) is 0.533. The number of aryl methyl sites for hydroxylation is 1. The third kappa shape index (κ3) is 3.55. The lowest BCUT2D eigenvalue weighted by molar-refractivity contribution is -0.118. The summed E-state index contributed by atoms with van der Waals surface area (Å²) in [6.07, 6.45) is 4.70. The lowest BCUT2D eigenvalue weighted by Crippen LogP contribution is -2.28. The number of carbonyl (C=O) groups is 1. The van der Waals surface area contributed by atoms with Crippen LogP contribution in [0.15, 0.2) is 18.2 Å². The molecule has 3 N–H and O–H groups in total. The summed E-state index contributed by atoms with van der Waals surface area (Å²) in [5.74, 6) is -0.0312. The molecule has 1 unspecified atom stereocenters. The van der Waals surface area contributed by atoms with Crippen molar-refractivity contribution >= 4 is 11.6 Å². The lowest BCUT2D eigenvalue weighted by Gasteiger charge is -2.20. The first kappa shape index (κ1) is 14.0. The van der Waals surface area contributed by atoms with E-state index in [1.165, 1.54) is 24.0 Å². The molecule has 0 saturated carbocycles. The van der Waals surface area contributed by atoms with Crippen LogP contribution in [0.5, 0.6) is 0 Å². The maximum Gasteiger partial charge on any atom is 0.227 e. The first-order valence-electron chi connectivity index (χ1n) is 6.88. The van der Waals surface area contributed by atoms with Crippen LogP contribution in [0.1, 0.15) is 30.4 Å². The van der Waals surface area contributed by atoms with Gasteiger partial charge in [0.2, 0.25) is 5.91 Å². The van der Waals surface area contributed by atoms with E-state index in [-0.39, 0.29) is 12.0 Å². The van der Waals surface area contributed by atoms with Gasteiger partial charge >= 0.3 is 0 Å². The topological polar surface area (TPSA) is 64.3 Å². The van der Waals surface area contributed by atoms with Crippen molar-refractivity contribution in [1.82, 2.24) is 0 Å². The SMILES string of the molecule is COC(CN)CC(=O)Nc1cccc2c1CCCC2. The Kier molecular flexibility index (Phi) is 4.93. The van der Waals surface area contributed by atoms with Gasteiger partial charge in [-0.15, -0.1) is 0 Å². The van der Waals surface area contributed by atoms with E-state index in [4.69, 9.17) is 10.5 Å². The molecule has 1 amide bonds. The number of benzene rings is 1. The predicted molar refractivity (Wildman–Crippen MR) is 76.2 cm³/mol. The standard InChI is InChI=1S/C15H22N2O2/c1-19-12(10-16)9-15(18)17-14-8-4-6-11-5-2-3-7-13(11)14/h4,6,8,12H,2-3,5,7,9-10,16H2,1H3,(H,17,18). The third-order valence-electron chi connectivity index (χ3n) is 3.68. The number of anilines is 1. The van der Waals surface area contributed by atoms with Crippen molar-refractivity contribution in [2.45, 2.75) is 38.2 Å². The highest BCUT2D eigenvalue weighted by Crippen LogP contribution is 2.27. The first-order valence-corrected chi connectivity index (χ1v) is 6.88. The van der Waals surface area contributed by atoms with Crippen molar-refractivity contribution in [2.24, 2.45) is 5.73 Å². The Hall–Kier alpha value is -1.39. The number of carbonyl (C=O) groups excluding carboxylic acids is 1. The van der Waals surface area contributed by atoms with Crippen LogP contribution in [0.25, 0.3) is 0 Å². The minimum Gasteiger partial charge on any atom is -0.380 e. The number of hydrogen-bond acceptors (Lipinski definition) is 3. The van der Waals surface area contributed by atoms with E-state index < -0.39 is 0 Å². The molecule has 0 spiro atoms. The molecule has 2 rings (SSSR count). The van der Waals surface area contributed by atoms with Gasteiger partial charge in [-0.2, -0.15) is 0 Å². The Morgan fingerprint density at radius 1 is 1.42 bits per heavy atom. The minimum absolute atomic E-state index is 0.0312. The highest BCUT2D eigenvalue weighted by molar-refractivity contribution is 5.92. The molecule has 0 aromatic heterocycles. The van der Waals surface area contributed by atoms with Crippen molar-refractivity contribution in [2.75, 3.05) is 19.0 Å². The predicted octanol–water partition coefficient (Wildman–Crippen LogP) is 1.87. The molecule has 1 aliphatic rings. The van der Waals surface area contributed by atoms with Gasteiger partial charge in [-0.05, 0) is 42.9 Å². The van der Waals surface area contributed by atoms with E-state index in [0.29, 0.717) is 13.0 Å². The van der Waals surface area contributed by atoms with Gasteiger partial charge < -0.3 is 15.8 Å². The van der Waals surface area contributed by atoms with Crippen LogP contribution >= 0.6 is 0 Å². The molecule has 1 aromatic rings. The smallest absolute Gasteiger partial charge is 0.227 e. The zero-order valence-corrected chi connectivity index (χ0v) is 11.4. The number of rotatable bonds is 5. The molecular weight excluding hydrogens is 240 g/mol. The molecule has 0 bridgehead atoms. The van der Waals surface area contributed by atoms with Gasteiger partial charge in [0.25, 0.3) is 0 Å². The molecule has 0 saturated heterocycles. The van der Waals surface area contributed by atoms with Gasteiger partial charge in [0.05, 0.1) is 12.5 Å².